The molecule has 0 amide bonds. The number of nitrogens with zero attached hydrogens (tertiary/aromatic N) is 3. The van der Waals surface area contributed by atoms with E-state index in [1.807, 2.05) is 10.7 Å². The molecule has 0 spiro atoms. The van der Waals surface area contributed by atoms with Crippen LogP contribution in [0.3, 0.4) is 0 Å². The average Bonchev–Trinajstić information content (AvgIpc) is 2.72. The second-order valence-electron chi connectivity index (χ2n) is 6.24. The molecule has 0 aromatic carbocycles. The first-order chi connectivity index (χ1) is 8.97. The standard InChI is InChI=1S/C14H26N4O/c1-14(2,3)12-11-13(15)18(16-12)6-4-5-17-7-9-19-10-8-17/h11H,4-10,15H2,1-3H3. The van der Waals surface area contributed by atoms with Crippen LogP contribution in [-0.4, -0.2) is 47.5 Å². The van der Waals surface area contributed by atoms with Crippen molar-refractivity contribution in [1.29, 1.82) is 0 Å². The second kappa shape index (κ2) is 5.92. The molecule has 0 unspecified atom stereocenters. The van der Waals surface area contributed by atoms with Crippen LogP contribution in [0.2, 0.25) is 0 Å². The van der Waals surface area contributed by atoms with Gasteiger partial charge in [0, 0.05) is 37.7 Å². The molecule has 1 aliphatic heterocycles. The smallest absolute Gasteiger partial charge is 0.121 e. The molecule has 2 heterocycles. The lowest BCUT2D eigenvalue weighted by Crippen LogP contribution is -2.37. The van der Waals surface area contributed by atoms with E-state index in [-0.39, 0.29) is 5.41 Å². The maximum Gasteiger partial charge on any atom is 0.121 e. The molecule has 0 atom stereocenters. The van der Waals surface area contributed by atoms with Crippen LogP contribution in [0.4, 0.5) is 5.82 Å². The normalized spacial score (nSPS) is 17.8. The van der Waals surface area contributed by atoms with Gasteiger partial charge in [0.05, 0.1) is 18.9 Å². The molecular formula is C14H26N4O. The van der Waals surface area contributed by atoms with E-state index in [4.69, 9.17) is 10.5 Å². The zero-order chi connectivity index (χ0) is 13.9. The van der Waals surface area contributed by atoms with Gasteiger partial charge in [-0.05, 0) is 6.42 Å². The first kappa shape index (κ1) is 14.3. The molecule has 0 saturated carbocycles. The third kappa shape index (κ3) is 3.94. The van der Waals surface area contributed by atoms with Gasteiger partial charge in [-0.3, -0.25) is 4.90 Å². The molecule has 1 saturated heterocycles. The number of aromatic nitrogens is 2. The van der Waals surface area contributed by atoms with Gasteiger partial charge in [0.2, 0.25) is 0 Å². The predicted molar refractivity (Wildman–Crippen MR) is 77.2 cm³/mol. The van der Waals surface area contributed by atoms with Crippen molar-refractivity contribution < 1.29 is 4.74 Å². The van der Waals surface area contributed by atoms with E-state index in [2.05, 4.69) is 30.8 Å². The molecule has 1 aromatic rings. The van der Waals surface area contributed by atoms with Crippen LogP contribution >= 0.6 is 0 Å². The zero-order valence-electron chi connectivity index (χ0n) is 12.4. The minimum atomic E-state index is 0.0591. The van der Waals surface area contributed by atoms with Crippen molar-refractivity contribution in [1.82, 2.24) is 14.7 Å². The number of anilines is 1. The van der Waals surface area contributed by atoms with E-state index in [0.29, 0.717) is 0 Å². The van der Waals surface area contributed by atoms with Crippen molar-refractivity contribution in [3.05, 3.63) is 11.8 Å². The van der Waals surface area contributed by atoms with Crippen LogP contribution < -0.4 is 5.73 Å². The molecule has 2 rings (SSSR count). The van der Waals surface area contributed by atoms with Crippen LogP contribution in [0.25, 0.3) is 0 Å². The fraction of sp³-hybridized carbons (Fsp3) is 0.786. The summed E-state index contributed by atoms with van der Waals surface area (Å²) in [6.45, 7) is 12.3. The Morgan fingerprint density at radius 3 is 2.53 bits per heavy atom. The molecule has 19 heavy (non-hydrogen) atoms. The Morgan fingerprint density at radius 2 is 1.95 bits per heavy atom. The maximum absolute atomic E-state index is 6.02. The molecule has 1 aromatic heterocycles. The number of aryl methyl sites for hydroxylation is 1. The van der Waals surface area contributed by atoms with Gasteiger partial charge in [0.25, 0.3) is 0 Å². The summed E-state index contributed by atoms with van der Waals surface area (Å²) in [4.78, 5) is 2.44. The van der Waals surface area contributed by atoms with Crippen LogP contribution in [0, 0.1) is 0 Å². The Bertz CT molecular complexity index is 402. The van der Waals surface area contributed by atoms with Crippen LogP contribution in [0.1, 0.15) is 32.9 Å². The largest absolute Gasteiger partial charge is 0.384 e. The number of nitrogen functional groups attached to an aromatic ring is 1. The molecule has 2 N–H and O–H groups in total. The van der Waals surface area contributed by atoms with Crippen molar-refractivity contribution in [2.24, 2.45) is 0 Å². The minimum absolute atomic E-state index is 0.0591. The summed E-state index contributed by atoms with van der Waals surface area (Å²) in [6.07, 6.45) is 1.08. The summed E-state index contributed by atoms with van der Waals surface area (Å²) >= 11 is 0. The minimum Gasteiger partial charge on any atom is -0.384 e. The number of nitrogens with two attached hydrogens (primary N) is 1. The Balaban J connectivity index is 1.84. The highest BCUT2D eigenvalue weighted by Gasteiger charge is 2.19. The lowest BCUT2D eigenvalue weighted by molar-refractivity contribution is 0.0368. The SMILES string of the molecule is CC(C)(C)c1cc(N)n(CCCN2CCOCC2)n1. The van der Waals surface area contributed by atoms with Gasteiger partial charge < -0.3 is 10.5 Å². The van der Waals surface area contributed by atoms with Crippen LogP contribution in [0.15, 0.2) is 6.07 Å². The van der Waals surface area contributed by atoms with Crippen LogP contribution in [0.5, 0.6) is 0 Å². The van der Waals surface area contributed by atoms with Crippen molar-refractivity contribution >= 4 is 5.82 Å². The van der Waals surface area contributed by atoms with Crippen molar-refractivity contribution in [3.8, 4) is 0 Å². The summed E-state index contributed by atoms with van der Waals surface area (Å²) in [6, 6.07) is 1.99. The van der Waals surface area contributed by atoms with E-state index in [1.165, 1.54) is 0 Å². The highest BCUT2D eigenvalue weighted by molar-refractivity contribution is 5.33. The van der Waals surface area contributed by atoms with Gasteiger partial charge in [-0.2, -0.15) is 5.10 Å². The molecule has 0 radical (unpaired) electrons. The monoisotopic (exact) mass is 266 g/mol. The quantitative estimate of drug-likeness (QED) is 0.897. The van der Waals surface area contributed by atoms with E-state index >= 15 is 0 Å². The molecule has 1 aliphatic rings. The third-order valence-electron chi connectivity index (χ3n) is 3.53. The molecule has 5 heteroatoms. The number of rotatable bonds is 4. The molecule has 0 aliphatic carbocycles. The Hall–Kier alpha value is -1.07. The number of hydrogen-bond donors (Lipinski definition) is 1. The van der Waals surface area contributed by atoms with Gasteiger partial charge in [0.1, 0.15) is 5.82 Å². The second-order valence-corrected chi connectivity index (χ2v) is 6.24. The molecule has 108 valence electrons. The predicted octanol–water partition coefficient (Wildman–Crippen LogP) is 1.49. The summed E-state index contributed by atoms with van der Waals surface area (Å²) in [5, 5.41) is 4.61. The van der Waals surface area contributed by atoms with E-state index < -0.39 is 0 Å². The number of morpholine rings is 1. The first-order valence-corrected chi connectivity index (χ1v) is 7.11. The van der Waals surface area contributed by atoms with Gasteiger partial charge in [-0.1, -0.05) is 20.8 Å². The highest BCUT2D eigenvalue weighted by Crippen LogP contribution is 2.22. The van der Waals surface area contributed by atoms with E-state index in [1.54, 1.807) is 0 Å². The van der Waals surface area contributed by atoms with Gasteiger partial charge in [-0.25, -0.2) is 4.68 Å². The average molecular weight is 266 g/mol. The van der Waals surface area contributed by atoms with Gasteiger partial charge in [0.15, 0.2) is 0 Å². The van der Waals surface area contributed by atoms with Crippen LogP contribution in [-0.2, 0) is 16.7 Å². The summed E-state index contributed by atoms with van der Waals surface area (Å²) in [7, 11) is 0. The van der Waals surface area contributed by atoms with Gasteiger partial charge >= 0.3 is 0 Å². The third-order valence-corrected chi connectivity index (χ3v) is 3.53. The maximum atomic E-state index is 6.02. The molecule has 1 fully saturated rings. The molecular weight excluding hydrogens is 240 g/mol. The van der Waals surface area contributed by atoms with Gasteiger partial charge in [-0.15, -0.1) is 0 Å². The van der Waals surface area contributed by atoms with Crippen molar-refractivity contribution in [2.45, 2.75) is 39.2 Å². The summed E-state index contributed by atoms with van der Waals surface area (Å²) < 4.78 is 7.28. The molecule has 0 bridgehead atoms. The fourth-order valence-corrected chi connectivity index (χ4v) is 2.25. The topological polar surface area (TPSA) is 56.3 Å². The number of hydrogen-bond acceptors (Lipinski definition) is 4. The fourth-order valence-electron chi connectivity index (χ4n) is 2.25. The Labute approximate surface area is 115 Å². The van der Waals surface area contributed by atoms with Crippen molar-refractivity contribution in [3.63, 3.8) is 0 Å². The summed E-state index contributed by atoms with van der Waals surface area (Å²) in [5.41, 5.74) is 7.15. The van der Waals surface area contributed by atoms with E-state index in [0.717, 1.165) is 57.3 Å². The first-order valence-electron chi connectivity index (χ1n) is 7.11. The number of ether oxygens (including phenoxy) is 1. The highest BCUT2D eigenvalue weighted by atomic mass is 16.5. The lowest BCUT2D eigenvalue weighted by atomic mass is 9.92. The Kier molecular flexibility index (Phi) is 4.47. The summed E-state index contributed by atoms with van der Waals surface area (Å²) in [5.74, 6) is 0.770. The Morgan fingerprint density at radius 1 is 1.26 bits per heavy atom. The molecule has 5 nitrogen and oxygen atoms in total. The van der Waals surface area contributed by atoms with E-state index in [9.17, 15) is 0 Å². The zero-order valence-corrected chi connectivity index (χ0v) is 12.4. The van der Waals surface area contributed by atoms with Crippen molar-refractivity contribution in [2.75, 3.05) is 38.6 Å². The lowest BCUT2D eigenvalue weighted by Gasteiger charge is -2.26.